The van der Waals surface area contributed by atoms with Crippen LogP contribution < -0.4 is 0 Å². The predicted octanol–water partition coefficient (Wildman–Crippen LogP) is 22.8. The third-order valence-corrected chi connectivity index (χ3v) is 19.7. The summed E-state index contributed by atoms with van der Waals surface area (Å²) in [6, 6.07) is 0. The highest BCUT2D eigenvalue weighted by Crippen LogP contribution is 2.45. The number of phosphoric ester groups is 2. The van der Waals surface area contributed by atoms with E-state index >= 15 is 0 Å². The number of carbonyl (C=O) groups is 4. The molecule has 0 aromatic heterocycles. The highest BCUT2D eigenvalue weighted by atomic mass is 31.2. The van der Waals surface area contributed by atoms with E-state index in [2.05, 4.69) is 39.8 Å². The molecule has 0 aliphatic rings. The maximum atomic E-state index is 13.1. The van der Waals surface area contributed by atoms with Gasteiger partial charge in [0.1, 0.15) is 19.3 Å². The highest BCUT2D eigenvalue weighted by Gasteiger charge is 2.30. The number of hydrogen-bond donors (Lipinski definition) is 3. The van der Waals surface area contributed by atoms with E-state index < -0.39 is 97.5 Å². The van der Waals surface area contributed by atoms with Crippen molar-refractivity contribution in [1.82, 2.24) is 0 Å². The first-order chi connectivity index (χ1) is 46.7. The van der Waals surface area contributed by atoms with Gasteiger partial charge in [-0.25, -0.2) is 9.13 Å². The number of unbranched alkanes of at least 4 members (excludes halogenated alkanes) is 49. The van der Waals surface area contributed by atoms with E-state index in [0.717, 1.165) is 103 Å². The Morgan fingerprint density at radius 1 is 0.281 bits per heavy atom. The van der Waals surface area contributed by atoms with Crippen LogP contribution in [-0.2, 0) is 65.4 Å². The van der Waals surface area contributed by atoms with Crippen molar-refractivity contribution in [2.45, 2.75) is 418 Å². The van der Waals surface area contributed by atoms with Crippen LogP contribution in [0.1, 0.15) is 400 Å². The minimum absolute atomic E-state index is 0.0947. The highest BCUT2D eigenvalue weighted by molar-refractivity contribution is 7.47. The van der Waals surface area contributed by atoms with Gasteiger partial charge in [-0.3, -0.25) is 37.3 Å². The molecule has 19 heteroatoms. The van der Waals surface area contributed by atoms with E-state index in [1.165, 1.54) is 218 Å². The van der Waals surface area contributed by atoms with Crippen molar-refractivity contribution in [2.75, 3.05) is 39.6 Å². The molecule has 96 heavy (non-hydrogen) atoms. The van der Waals surface area contributed by atoms with Crippen LogP contribution in [0.4, 0.5) is 0 Å². The van der Waals surface area contributed by atoms with Gasteiger partial charge in [-0.15, -0.1) is 0 Å². The number of ether oxygens (including phenoxy) is 4. The summed E-state index contributed by atoms with van der Waals surface area (Å²) in [5.74, 6) is -2.12. The number of aliphatic hydroxyl groups excluding tert-OH is 1. The number of esters is 4. The number of carbonyl (C=O) groups excluding carboxylic acids is 4. The maximum absolute atomic E-state index is 13.1. The zero-order valence-electron chi connectivity index (χ0n) is 62.1. The summed E-state index contributed by atoms with van der Waals surface area (Å²) in [5.41, 5.74) is 0. The Balaban J connectivity index is 5.27. The molecular weight excluding hydrogens is 1260 g/mol. The first-order valence-electron chi connectivity index (χ1n) is 39.9. The molecule has 0 saturated heterocycles. The molecule has 3 N–H and O–H groups in total. The Kier molecular flexibility index (Phi) is 69.6. The van der Waals surface area contributed by atoms with E-state index in [1.807, 2.05) is 0 Å². The van der Waals surface area contributed by atoms with Crippen LogP contribution in [0.15, 0.2) is 12.2 Å². The van der Waals surface area contributed by atoms with E-state index in [1.54, 1.807) is 0 Å². The summed E-state index contributed by atoms with van der Waals surface area (Å²) in [7, 11) is -9.92. The summed E-state index contributed by atoms with van der Waals surface area (Å²) in [6.45, 7) is 4.97. The number of aliphatic hydroxyl groups is 1. The van der Waals surface area contributed by atoms with Crippen LogP contribution in [0, 0.1) is 0 Å². The molecular formula is C77H148O17P2. The van der Waals surface area contributed by atoms with Gasteiger partial charge in [-0.05, 0) is 51.4 Å². The standard InChI is InChI=1S/C77H148O17P2/c1-5-9-13-17-21-25-29-33-35-39-42-46-50-54-58-62-75(80)88-68-73(94-77(82)64-60-56-52-48-44-40-36-34-30-26-22-18-14-10-6-2)70-92-96(85,86)90-66-71(78)65-89-95(83,84)91-69-72(93-76(81)63-59-55-51-47-43-38-32-28-24-20-16-12-8-4)67-87-74(79)61-57-53-49-45-41-37-31-27-23-19-15-11-7-3/h28,32,71-73,78H,5-27,29-31,33-70H2,1-4H3,(H,83,84)(H,85,86)/b32-28-/t71-,72+,73+/m0/s1. The quantitative estimate of drug-likeness (QED) is 0.0169. The minimum Gasteiger partial charge on any atom is -0.462 e. The number of hydrogen-bond acceptors (Lipinski definition) is 15. The van der Waals surface area contributed by atoms with Gasteiger partial charge >= 0.3 is 39.5 Å². The molecule has 0 aromatic rings. The monoisotopic (exact) mass is 1410 g/mol. The average molecular weight is 1410 g/mol. The van der Waals surface area contributed by atoms with Crippen molar-refractivity contribution < 1.29 is 80.2 Å². The Labute approximate surface area is 587 Å². The molecule has 0 fully saturated rings. The Hall–Kier alpha value is -2.20. The van der Waals surface area contributed by atoms with Crippen LogP contribution in [0.25, 0.3) is 0 Å². The zero-order chi connectivity index (χ0) is 70.4. The molecule has 0 rings (SSSR count). The summed E-state index contributed by atoms with van der Waals surface area (Å²) in [5, 5.41) is 10.6. The van der Waals surface area contributed by atoms with Crippen molar-refractivity contribution in [2.24, 2.45) is 0 Å². The normalized spacial score (nSPS) is 13.9. The third kappa shape index (κ3) is 70.2. The van der Waals surface area contributed by atoms with E-state index in [4.69, 9.17) is 37.0 Å². The van der Waals surface area contributed by atoms with Gasteiger partial charge in [0.2, 0.25) is 0 Å². The molecule has 0 amide bonds. The van der Waals surface area contributed by atoms with Crippen LogP contribution in [-0.4, -0.2) is 96.7 Å². The second-order valence-corrected chi connectivity index (χ2v) is 30.3. The summed E-state index contributed by atoms with van der Waals surface area (Å²) in [6.07, 6.45) is 63.3. The fourth-order valence-corrected chi connectivity index (χ4v) is 13.2. The van der Waals surface area contributed by atoms with Crippen LogP contribution in [0.3, 0.4) is 0 Å². The number of rotatable bonds is 77. The van der Waals surface area contributed by atoms with E-state index in [0.29, 0.717) is 25.7 Å². The lowest BCUT2D eigenvalue weighted by Gasteiger charge is -2.21. The third-order valence-electron chi connectivity index (χ3n) is 17.8. The number of allylic oxidation sites excluding steroid dienone is 2. The topological polar surface area (TPSA) is 237 Å². The SMILES string of the molecule is CCCCCC/C=C\CCCCCCCC(=O)O[C@H](COC(=O)CCCCCCCCCCCCCCC)COP(=O)(O)OC[C@H](O)COP(=O)(O)OC[C@@H](COC(=O)CCCCCCCCCCCCCCCCC)OC(=O)CCCCCCCCCCCCCCCCC. The van der Waals surface area contributed by atoms with Gasteiger partial charge < -0.3 is 33.8 Å². The fourth-order valence-electron chi connectivity index (χ4n) is 11.6. The lowest BCUT2D eigenvalue weighted by Crippen LogP contribution is -2.30. The van der Waals surface area contributed by atoms with Crippen LogP contribution >= 0.6 is 15.6 Å². The van der Waals surface area contributed by atoms with Crippen molar-refractivity contribution in [1.29, 1.82) is 0 Å². The molecule has 2 unspecified atom stereocenters. The molecule has 0 spiro atoms. The molecule has 0 radical (unpaired) electrons. The molecule has 0 heterocycles. The molecule has 568 valence electrons. The summed E-state index contributed by atoms with van der Waals surface area (Å²) < 4.78 is 68.6. The molecule has 0 bridgehead atoms. The molecule has 5 atom stereocenters. The first kappa shape index (κ1) is 93.8. The second kappa shape index (κ2) is 71.2. The van der Waals surface area contributed by atoms with Gasteiger partial charge in [0.25, 0.3) is 0 Å². The predicted molar refractivity (Wildman–Crippen MR) is 391 cm³/mol. The van der Waals surface area contributed by atoms with Crippen LogP contribution in [0.2, 0.25) is 0 Å². The molecule has 0 aliphatic heterocycles. The Bertz CT molecular complexity index is 1870. The first-order valence-corrected chi connectivity index (χ1v) is 42.9. The minimum atomic E-state index is -4.96. The maximum Gasteiger partial charge on any atom is 0.472 e. The molecule has 0 aromatic carbocycles. The average Bonchev–Trinajstić information content (AvgIpc) is 1.49. The van der Waals surface area contributed by atoms with Crippen molar-refractivity contribution in [3.63, 3.8) is 0 Å². The van der Waals surface area contributed by atoms with Gasteiger partial charge in [-0.2, -0.15) is 0 Å². The lowest BCUT2D eigenvalue weighted by atomic mass is 10.0. The molecule has 0 saturated carbocycles. The zero-order valence-corrected chi connectivity index (χ0v) is 63.9. The molecule has 0 aliphatic carbocycles. The van der Waals surface area contributed by atoms with Gasteiger partial charge in [0.05, 0.1) is 26.4 Å². The van der Waals surface area contributed by atoms with Crippen molar-refractivity contribution >= 4 is 39.5 Å². The van der Waals surface area contributed by atoms with E-state index in [9.17, 15) is 43.2 Å². The van der Waals surface area contributed by atoms with Gasteiger partial charge in [0, 0.05) is 25.7 Å². The van der Waals surface area contributed by atoms with E-state index in [-0.39, 0.29) is 25.7 Å². The summed E-state index contributed by atoms with van der Waals surface area (Å²) >= 11 is 0. The smallest absolute Gasteiger partial charge is 0.462 e. The Morgan fingerprint density at radius 2 is 0.479 bits per heavy atom. The largest absolute Gasteiger partial charge is 0.472 e. The van der Waals surface area contributed by atoms with Gasteiger partial charge in [0.15, 0.2) is 12.2 Å². The Morgan fingerprint density at radius 3 is 0.729 bits per heavy atom. The fraction of sp³-hybridized carbons (Fsp3) is 0.922. The van der Waals surface area contributed by atoms with Crippen molar-refractivity contribution in [3.05, 3.63) is 12.2 Å². The second-order valence-electron chi connectivity index (χ2n) is 27.4. The molecule has 17 nitrogen and oxygen atoms in total. The van der Waals surface area contributed by atoms with Gasteiger partial charge in [-0.1, -0.05) is 335 Å². The number of phosphoric acid groups is 2. The van der Waals surface area contributed by atoms with Crippen molar-refractivity contribution in [3.8, 4) is 0 Å². The van der Waals surface area contributed by atoms with Crippen LogP contribution in [0.5, 0.6) is 0 Å². The lowest BCUT2D eigenvalue weighted by molar-refractivity contribution is -0.161. The summed E-state index contributed by atoms with van der Waals surface area (Å²) in [4.78, 5) is 72.9.